The Morgan fingerprint density at radius 1 is 1.40 bits per heavy atom. The van der Waals surface area contributed by atoms with Crippen molar-refractivity contribution in [2.45, 2.75) is 19.3 Å². The molecule has 0 amide bonds. The Morgan fingerprint density at radius 2 is 2.07 bits per heavy atom. The summed E-state index contributed by atoms with van der Waals surface area (Å²) in [5, 5.41) is 0. The largest absolute Gasteiger partial charge is 0.497 e. The number of hydrogen-bond acceptors (Lipinski definition) is 2. The van der Waals surface area contributed by atoms with Crippen LogP contribution in [0.5, 0.6) is 5.75 Å². The fourth-order valence-corrected chi connectivity index (χ4v) is 1.27. The number of hydrogen-bond donors (Lipinski definition) is 0. The lowest BCUT2D eigenvalue weighted by Gasteiger charge is -2.02. The van der Waals surface area contributed by atoms with Crippen molar-refractivity contribution in [1.82, 2.24) is 0 Å². The molecule has 78 valence electrons. The number of ether oxygens (including phenoxy) is 1. The van der Waals surface area contributed by atoms with Crippen LogP contribution in [0.2, 0.25) is 0 Å². The number of terminal acetylenes is 1. The van der Waals surface area contributed by atoms with Crippen LogP contribution in [0.4, 0.5) is 0 Å². The summed E-state index contributed by atoms with van der Waals surface area (Å²) in [4.78, 5) is 11.4. The second kappa shape index (κ2) is 5.87. The van der Waals surface area contributed by atoms with Gasteiger partial charge in [-0.3, -0.25) is 4.79 Å². The molecule has 1 aromatic carbocycles. The summed E-state index contributed by atoms with van der Waals surface area (Å²) in [6, 6.07) is 7.49. The summed E-state index contributed by atoms with van der Waals surface area (Å²) in [5.41, 5.74) is 0.998. The van der Waals surface area contributed by atoms with Crippen LogP contribution in [-0.2, 0) is 11.2 Å². The summed E-state index contributed by atoms with van der Waals surface area (Å²) >= 11 is 0. The van der Waals surface area contributed by atoms with Crippen LogP contribution in [0, 0.1) is 12.3 Å². The van der Waals surface area contributed by atoms with Gasteiger partial charge in [-0.2, -0.15) is 0 Å². The van der Waals surface area contributed by atoms with E-state index < -0.39 is 0 Å². The number of benzene rings is 1. The summed E-state index contributed by atoms with van der Waals surface area (Å²) in [6.07, 6.45) is 6.52. The molecule has 2 heteroatoms. The molecule has 0 bridgehead atoms. The van der Waals surface area contributed by atoms with E-state index in [4.69, 9.17) is 11.2 Å². The zero-order valence-electron chi connectivity index (χ0n) is 8.82. The average Bonchev–Trinajstić information content (AvgIpc) is 2.27. The van der Waals surface area contributed by atoms with E-state index in [1.165, 1.54) is 0 Å². The number of Topliss-reactive ketones (excluding diaryl/α,β-unsaturated/α-hetero) is 1. The van der Waals surface area contributed by atoms with Crippen molar-refractivity contribution < 1.29 is 9.53 Å². The fraction of sp³-hybridized carbons (Fsp3) is 0.308. The second-order valence-electron chi connectivity index (χ2n) is 3.27. The maximum atomic E-state index is 11.4. The molecule has 0 aliphatic heterocycles. The van der Waals surface area contributed by atoms with Gasteiger partial charge in [0.05, 0.1) is 7.11 Å². The molecule has 0 aliphatic carbocycles. The van der Waals surface area contributed by atoms with Gasteiger partial charge >= 0.3 is 0 Å². The maximum absolute atomic E-state index is 11.4. The molecular weight excluding hydrogens is 188 g/mol. The van der Waals surface area contributed by atoms with Crippen molar-refractivity contribution in [1.29, 1.82) is 0 Å². The molecule has 15 heavy (non-hydrogen) atoms. The monoisotopic (exact) mass is 202 g/mol. The third kappa shape index (κ3) is 3.86. The zero-order valence-corrected chi connectivity index (χ0v) is 8.82. The number of rotatable bonds is 5. The molecule has 0 fully saturated rings. The SMILES string of the molecule is C#CCCC(=O)Cc1ccc(OC)cc1. The first-order chi connectivity index (χ1) is 7.26. The van der Waals surface area contributed by atoms with E-state index in [0.29, 0.717) is 19.3 Å². The number of methoxy groups -OCH3 is 1. The van der Waals surface area contributed by atoms with Gasteiger partial charge in [0.15, 0.2) is 0 Å². The topological polar surface area (TPSA) is 26.3 Å². The molecule has 0 radical (unpaired) electrons. The number of carbonyl (C=O) groups excluding carboxylic acids is 1. The highest BCUT2D eigenvalue weighted by atomic mass is 16.5. The van der Waals surface area contributed by atoms with Crippen molar-refractivity contribution in [2.75, 3.05) is 7.11 Å². The van der Waals surface area contributed by atoms with Gasteiger partial charge in [-0.15, -0.1) is 12.3 Å². The van der Waals surface area contributed by atoms with E-state index in [2.05, 4.69) is 5.92 Å². The number of ketones is 1. The van der Waals surface area contributed by atoms with Crippen LogP contribution < -0.4 is 4.74 Å². The van der Waals surface area contributed by atoms with Crippen molar-refractivity contribution in [3.8, 4) is 18.1 Å². The van der Waals surface area contributed by atoms with Crippen molar-refractivity contribution in [3.05, 3.63) is 29.8 Å². The van der Waals surface area contributed by atoms with Gasteiger partial charge in [0.2, 0.25) is 0 Å². The van der Waals surface area contributed by atoms with E-state index in [0.717, 1.165) is 11.3 Å². The molecule has 0 saturated carbocycles. The Kier molecular flexibility index (Phi) is 4.43. The standard InChI is InChI=1S/C13H14O2/c1-3-4-5-12(14)10-11-6-8-13(15-2)9-7-11/h1,6-9H,4-5,10H2,2H3. The van der Waals surface area contributed by atoms with E-state index in [1.807, 2.05) is 24.3 Å². The minimum absolute atomic E-state index is 0.179. The summed E-state index contributed by atoms with van der Waals surface area (Å²) in [6.45, 7) is 0. The first-order valence-electron chi connectivity index (χ1n) is 4.84. The van der Waals surface area contributed by atoms with Crippen molar-refractivity contribution in [3.63, 3.8) is 0 Å². The predicted octanol–water partition coefficient (Wildman–Crippen LogP) is 2.22. The minimum atomic E-state index is 0.179. The summed E-state index contributed by atoms with van der Waals surface area (Å²) < 4.78 is 5.03. The minimum Gasteiger partial charge on any atom is -0.497 e. The molecule has 0 atom stereocenters. The molecular formula is C13H14O2. The van der Waals surface area contributed by atoms with E-state index in [1.54, 1.807) is 7.11 Å². The molecule has 0 spiro atoms. The molecule has 0 heterocycles. The van der Waals surface area contributed by atoms with Gasteiger partial charge in [0.1, 0.15) is 11.5 Å². The van der Waals surface area contributed by atoms with Gasteiger partial charge in [-0.25, -0.2) is 0 Å². The molecule has 0 aliphatic rings. The second-order valence-corrected chi connectivity index (χ2v) is 3.27. The molecule has 1 aromatic rings. The lowest BCUT2D eigenvalue weighted by molar-refractivity contribution is -0.118. The van der Waals surface area contributed by atoms with Gasteiger partial charge in [-0.05, 0) is 17.7 Å². The first kappa shape index (κ1) is 11.3. The Balaban J connectivity index is 2.50. The van der Waals surface area contributed by atoms with Crippen molar-refractivity contribution in [2.24, 2.45) is 0 Å². The molecule has 1 rings (SSSR count). The van der Waals surface area contributed by atoms with Gasteiger partial charge in [-0.1, -0.05) is 12.1 Å². The fourth-order valence-electron chi connectivity index (χ4n) is 1.27. The summed E-state index contributed by atoms with van der Waals surface area (Å²) in [7, 11) is 1.62. The zero-order chi connectivity index (χ0) is 11.1. The highest BCUT2D eigenvalue weighted by Gasteiger charge is 2.02. The average molecular weight is 202 g/mol. The van der Waals surface area contributed by atoms with Gasteiger partial charge < -0.3 is 4.74 Å². The third-order valence-corrected chi connectivity index (χ3v) is 2.11. The molecule has 0 unspecified atom stereocenters. The molecule has 0 N–H and O–H groups in total. The lowest BCUT2D eigenvalue weighted by atomic mass is 10.1. The smallest absolute Gasteiger partial charge is 0.138 e. The Hall–Kier alpha value is -1.75. The summed E-state index contributed by atoms with van der Waals surface area (Å²) in [5.74, 6) is 3.44. The van der Waals surface area contributed by atoms with Gasteiger partial charge in [0, 0.05) is 19.3 Å². The highest BCUT2D eigenvalue weighted by molar-refractivity contribution is 5.81. The van der Waals surface area contributed by atoms with Crippen molar-refractivity contribution >= 4 is 5.78 Å². The predicted molar refractivity (Wildman–Crippen MR) is 59.8 cm³/mol. The van der Waals surface area contributed by atoms with Crippen LogP contribution in [-0.4, -0.2) is 12.9 Å². The van der Waals surface area contributed by atoms with E-state index in [-0.39, 0.29) is 5.78 Å². The lowest BCUT2D eigenvalue weighted by Crippen LogP contribution is -2.01. The maximum Gasteiger partial charge on any atom is 0.138 e. The Bertz CT molecular complexity index is 357. The van der Waals surface area contributed by atoms with Crippen LogP contribution in [0.1, 0.15) is 18.4 Å². The number of carbonyl (C=O) groups is 1. The Morgan fingerprint density at radius 3 is 2.60 bits per heavy atom. The van der Waals surface area contributed by atoms with Gasteiger partial charge in [0.25, 0.3) is 0 Å². The van der Waals surface area contributed by atoms with E-state index >= 15 is 0 Å². The first-order valence-corrected chi connectivity index (χ1v) is 4.84. The highest BCUT2D eigenvalue weighted by Crippen LogP contribution is 2.12. The van der Waals surface area contributed by atoms with Crippen LogP contribution in [0.15, 0.2) is 24.3 Å². The quantitative estimate of drug-likeness (QED) is 0.684. The third-order valence-electron chi connectivity index (χ3n) is 2.11. The van der Waals surface area contributed by atoms with Crippen LogP contribution in [0.25, 0.3) is 0 Å². The Labute approximate surface area is 90.3 Å². The normalized spacial score (nSPS) is 9.33. The molecule has 0 aromatic heterocycles. The molecule has 0 saturated heterocycles. The van der Waals surface area contributed by atoms with Crippen LogP contribution in [0.3, 0.4) is 0 Å². The van der Waals surface area contributed by atoms with E-state index in [9.17, 15) is 4.79 Å². The van der Waals surface area contributed by atoms with Crippen LogP contribution >= 0.6 is 0 Å². The molecule has 2 nitrogen and oxygen atoms in total.